The maximum atomic E-state index is 10.7. The number of carboxylic acids is 1. The molecule has 2 aromatic carbocycles. The first-order chi connectivity index (χ1) is 10.5. The number of aromatic carboxylic acids is 1. The van der Waals surface area contributed by atoms with Gasteiger partial charge in [-0.25, -0.2) is 4.79 Å². The second-order valence-corrected chi connectivity index (χ2v) is 4.32. The van der Waals surface area contributed by atoms with E-state index in [0.29, 0.717) is 17.1 Å². The molecule has 0 spiro atoms. The molecule has 0 bridgehead atoms. The summed E-state index contributed by atoms with van der Waals surface area (Å²) in [5, 5.41) is 8.12. The Morgan fingerprint density at radius 1 is 0.864 bits per heavy atom. The molecule has 0 saturated heterocycles. The average molecular weight is 323 g/mol. The van der Waals surface area contributed by atoms with Crippen LogP contribution in [0.4, 0.5) is 0 Å². The predicted octanol–water partition coefficient (Wildman–Crippen LogP) is 3.47. The van der Waals surface area contributed by atoms with E-state index in [1.165, 1.54) is 20.3 Å². The van der Waals surface area contributed by atoms with Crippen LogP contribution in [0.1, 0.15) is 20.7 Å². The minimum Gasteiger partial charge on any atom is -0.496 e. The van der Waals surface area contributed by atoms with Crippen LogP contribution in [0.2, 0.25) is 0 Å². The molecule has 2 rings (SSSR count). The summed E-state index contributed by atoms with van der Waals surface area (Å²) in [5.74, 6) is -0.0741. The molecule has 0 unspecified atom stereocenters. The Hall–Kier alpha value is -2.53. The SMILES string of the molecule is COc1ccccc1C(=O)Cl.COc1ccccc1C(=O)O. The summed E-state index contributed by atoms with van der Waals surface area (Å²) in [6.07, 6.45) is 0. The van der Waals surface area contributed by atoms with Gasteiger partial charge in [0.25, 0.3) is 5.24 Å². The van der Waals surface area contributed by atoms with Crippen LogP contribution in [-0.2, 0) is 0 Å². The first-order valence-corrected chi connectivity index (χ1v) is 6.58. The molecule has 0 fully saturated rings. The lowest BCUT2D eigenvalue weighted by molar-refractivity contribution is 0.0693. The van der Waals surface area contributed by atoms with Crippen molar-refractivity contribution in [3.63, 3.8) is 0 Å². The lowest BCUT2D eigenvalue weighted by Crippen LogP contribution is -1.99. The topological polar surface area (TPSA) is 72.8 Å². The molecule has 0 aliphatic rings. The number of hydrogen-bond donors (Lipinski definition) is 1. The number of carboxylic acid groups (broad SMARTS) is 1. The second-order valence-electron chi connectivity index (χ2n) is 3.98. The zero-order chi connectivity index (χ0) is 16.5. The van der Waals surface area contributed by atoms with Crippen molar-refractivity contribution in [3.05, 3.63) is 59.7 Å². The van der Waals surface area contributed by atoms with E-state index in [1.807, 2.05) is 0 Å². The molecule has 0 aromatic heterocycles. The zero-order valence-corrected chi connectivity index (χ0v) is 12.8. The number of carbonyl (C=O) groups excluding carboxylic acids is 1. The minimum absolute atomic E-state index is 0.190. The number of methoxy groups -OCH3 is 2. The molecular weight excluding hydrogens is 308 g/mol. The molecule has 0 heterocycles. The van der Waals surface area contributed by atoms with E-state index in [9.17, 15) is 9.59 Å². The molecule has 1 N–H and O–H groups in total. The van der Waals surface area contributed by atoms with Gasteiger partial charge in [0, 0.05) is 0 Å². The number of benzene rings is 2. The van der Waals surface area contributed by atoms with Crippen LogP contribution in [0.3, 0.4) is 0 Å². The highest BCUT2D eigenvalue weighted by molar-refractivity contribution is 6.68. The van der Waals surface area contributed by atoms with Crippen molar-refractivity contribution < 1.29 is 24.2 Å². The predicted molar refractivity (Wildman–Crippen MR) is 83.1 cm³/mol. The quantitative estimate of drug-likeness (QED) is 0.873. The van der Waals surface area contributed by atoms with Crippen molar-refractivity contribution >= 4 is 22.8 Å². The second kappa shape index (κ2) is 8.69. The Balaban J connectivity index is 0.000000220. The highest BCUT2D eigenvalue weighted by Gasteiger charge is 2.08. The Bertz CT molecular complexity index is 597. The summed E-state index contributed by atoms with van der Waals surface area (Å²) in [7, 11) is 2.94. The van der Waals surface area contributed by atoms with Crippen molar-refractivity contribution in [3.8, 4) is 11.5 Å². The maximum absolute atomic E-state index is 10.7. The largest absolute Gasteiger partial charge is 0.496 e. The van der Waals surface area contributed by atoms with E-state index in [-0.39, 0.29) is 5.56 Å². The van der Waals surface area contributed by atoms with Gasteiger partial charge in [0.1, 0.15) is 17.1 Å². The van der Waals surface area contributed by atoms with Crippen molar-refractivity contribution in [1.82, 2.24) is 0 Å². The highest BCUT2D eigenvalue weighted by atomic mass is 35.5. The summed E-state index contributed by atoms with van der Waals surface area (Å²) in [6.45, 7) is 0. The molecule has 0 radical (unpaired) electrons. The summed E-state index contributed by atoms with van der Waals surface area (Å²) in [5.41, 5.74) is 0.590. The Morgan fingerprint density at radius 3 is 1.59 bits per heavy atom. The molecule has 6 heteroatoms. The molecular formula is C16H15ClO5. The zero-order valence-electron chi connectivity index (χ0n) is 12.1. The number of para-hydroxylation sites is 2. The van der Waals surface area contributed by atoms with E-state index in [1.54, 1.807) is 42.5 Å². The van der Waals surface area contributed by atoms with Gasteiger partial charge in [-0.2, -0.15) is 0 Å². The molecule has 0 atom stereocenters. The van der Waals surface area contributed by atoms with Gasteiger partial charge in [-0.15, -0.1) is 0 Å². The smallest absolute Gasteiger partial charge is 0.339 e. The van der Waals surface area contributed by atoms with Crippen LogP contribution in [0.15, 0.2) is 48.5 Å². The molecule has 0 aliphatic heterocycles. The van der Waals surface area contributed by atoms with Crippen LogP contribution in [0.5, 0.6) is 11.5 Å². The molecule has 116 valence electrons. The normalized spacial score (nSPS) is 9.23. The average Bonchev–Trinajstić information content (AvgIpc) is 2.55. The van der Waals surface area contributed by atoms with Gasteiger partial charge in [-0.3, -0.25) is 4.79 Å². The van der Waals surface area contributed by atoms with Crippen LogP contribution < -0.4 is 9.47 Å². The maximum Gasteiger partial charge on any atom is 0.339 e. The van der Waals surface area contributed by atoms with Crippen LogP contribution in [-0.4, -0.2) is 30.5 Å². The molecule has 22 heavy (non-hydrogen) atoms. The Kier molecular flexibility index (Phi) is 6.92. The summed E-state index contributed by atoms with van der Waals surface area (Å²) in [6, 6.07) is 13.3. The molecule has 0 saturated carbocycles. The van der Waals surface area contributed by atoms with Gasteiger partial charge >= 0.3 is 5.97 Å². The Morgan fingerprint density at radius 2 is 1.27 bits per heavy atom. The van der Waals surface area contributed by atoms with Gasteiger partial charge in [0.05, 0.1) is 19.8 Å². The third kappa shape index (κ3) is 4.79. The van der Waals surface area contributed by atoms with Gasteiger partial charge in [0.15, 0.2) is 0 Å². The van der Waals surface area contributed by atoms with Crippen molar-refractivity contribution in [2.45, 2.75) is 0 Å². The van der Waals surface area contributed by atoms with Crippen molar-refractivity contribution in [2.75, 3.05) is 14.2 Å². The molecule has 0 aliphatic carbocycles. The number of hydrogen-bond acceptors (Lipinski definition) is 4. The van der Waals surface area contributed by atoms with Gasteiger partial charge in [0.2, 0.25) is 0 Å². The lowest BCUT2D eigenvalue weighted by atomic mass is 10.2. The van der Waals surface area contributed by atoms with Crippen LogP contribution >= 0.6 is 11.6 Å². The summed E-state index contributed by atoms with van der Waals surface area (Å²) < 4.78 is 9.73. The lowest BCUT2D eigenvalue weighted by Gasteiger charge is -2.01. The van der Waals surface area contributed by atoms with Crippen molar-refractivity contribution in [2.24, 2.45) is 0 Å². The first-order valence-electron chi connectivity index (χ1n) is 6.20. The fourth-order valence-electron chi connectivity index (χ4n) is 1.63. The molecule has 5 nitrogen and oxygen atoms in total. The summed E-state index contributed by atoms with van der Waals surface area (Å²) in [4.78, 5) is 21.2. The standard InChI is InChI=1S/C8H7ClO2.C8H8O3/c2*1-11-7-5-3-2-4-6(7)8(9)10/h2-5H,1H3;2-5H,1H3,(H,9,10). The molecule has 0 amide bonds. The monoisotopic (exact) mass is 322 g/mol. The van der Waals surface area contributed by atoms with Crippen LogP contribution in [0.25, 0.3) is 0 Å². The van der Waals surface area contributed by atoms with Crippen LogP contribution in [0, 0.1) is 0 Å². The number of ether oxygens (including phenoxy) is 2. The van der Waals surface area contributed by atoms with Gasteiger partial charge in [-0.1, -0.05) is 24.3 Å². The fourth-order valence-corrected chi connectivity index (χ4v) is 1.78. The Labute approximate surface area is 133 Å². The van der Waals surface area contributed by atoms with E-state index >= 15 is 0 Å². The van der Waals surface area contributed by atoms with Gasteiger partial charge in [-0.05, 0) is 35.9 Å². The van der Waals surface area contributed by atoms with E-state index in [4.69, 9.17) is 26.2 Å². The highest BCUT2D eigenvalue weighted by Crippen LogP contribution is 2.18. The molecule has 2 aromatic rings. The first kappa shape index (κ1) is 17.5. The third-order valence-electron chi connectivity index (χ3n) is 2.66. The van der Waals surface area contributed by atoms with Gasteiger partial charge < -0.3 is 14.6 Å². The number of carbonyl (C=O) groups is 2. The summed E-state index contributed by atoms with van der Waals surface area (Å²) >= 11 is 5.27. The van der Waals surface area contributed by atoms with E-state index < -0.39 is 11.2 Å². The fraction of sp³-hybridized carbons (Fsp3) is 0.125. The number of halogens is 1. The van der Waals surface area contributed by atoms with E-state index in [0.717, 1.165) is 0 Å². The number of rotatable bonds is 4. The van der Waals surface area contributed by atoms with E-state index in [2.05, 4.69) is 0 Å². The minimum atomic E-state index is -0.970. The third-order valence-corrected chi connectivity index (χ3v) is 2.86. The van der Waals surface area contributed by atoms with Crippen molar-refractivity contribution in [1.29, 1.82) is 0 Å².